The van der Waals surface area contributed by atoms with Crippen LogP contribution < -0.4 is 21.6 Å². The number of H-pyrrole nitrogens is 1. The number of benzene rings is 2. The number of fused-ring (bicyclic) bond motifs is 2. The number of hydrogen-bond donors (Lipinski definition) is 4. The number of halogens is 1. The SMILES string of the molecule is CC(C)(C)OC(=O)Nc1ccc(F)cc1Nc1ncc2[nH]c(=O)n(-c3ccc4c(c3)CCCN4)c2n1. The van der Waals surface area contributed by atoms with E-state index in [1.807, 2.05) is 18.2 Å². The Kier molecular flexibility index (Phi) is 5.83. The lowest BCUT2D eigenvalue weighted by Crippen LogP contribution is -2.27. The van der Waals surface area contributed by atoms with Gasteiger partial charge in [-0.2, -0.15) is 4.98 Å². The third-order valence-electron chi connectivity index (χ3n) is 5.57. The number of imidazole rings is 1. The Labute approximate surface area is 205 Å². The van der Waals surface area contributed by atoms with E-state index in [2.05, 4.69) is 30.9 Å². The van der Waals surface area contributed by atoms with Crippen LogP contribution in [0.1, 0.15) is 32.8 Å². The molecule has 3 heterocycles. The highest BCUT2D eigenvalue weighted by atomic mass is 19.1. The standard InChI is InChI=1S/C25H26FN7O3/c1-25(2,3)36-24(35)31-18-8-6-15(26)12-19(18)29-22-28-13-20-21(32-22)33(23(34)30-20)16-7-9-17-14(11-16)5-4-10-27-17/h6-9,11-13,27H,4-5,10H2,1-3H3,(H,30,34)(H,31,35)(H,28,29,32). The van der Waals surface area contributed by atoms with Gasteiger partial charge in [0.2, 0.25) is 5.95 Å². The molecule has 0 fully saturated rings. The van der Waals surface area contributed by atoms with Gasteiger partial charge in [-0.15, -0.1) is 0 Å². The fraction of sp³-hybridized carbons (Fsp3) is 0.280. The lowest BCUT2D eigenvalue weighted by Gasteiger charge is -2.20. The number of nitrogens with zero attached hydrogens (tertiary/aromatic N) is 3. The van der Waals surface area contributed by atoms with Gasteiger partial charge in [0.1, 0.15) is 16.9 Å². The van der Waals surface area contributed by atoms with Crippen LogP contribution in [0.15, 0.2) is 47.4 Å². The Morgan fingerprint density at radius 1 is 1.17 bits per heavy atom. The predicted molar refractivity (Wildman–Crippen MR) is 136 cm³/mol. The molecule has 0 spiro atoms. The molecule has 36 heavy (non-hydrogen) atoms. The summed E-state index contributed by atoms with van der Waals surface area (Å²) in [7, 11) is 0. The van der Waals surface area contributed by atoms with Crippen LogP contribution in [0.2, 0.25) is 0 Å². The predicted octanol–water partition coefficient (Wildman–Crippen LogP) is 4.70. The summed E-state index contributed by atoms with van der Waals surface area (Å²) in [6.45, 7) is 6.16. The molecule has 1 aliphatic rings. The average molecular weight is 492 g/mol. The number of hydrogen-bond acceptors (Lipinski definition) is 7. The second-order valence-electron chi connectivity index (χ2n) is 9.51. The van der Waals surface area contributed by atoms with Crippen molar-refractivity contribution in [3.8, 4) is 5.69 Å². The van der Waals surface area contributed by atoms with E-state index in [9.17, 15) is 14.0 Å². The van der Waals surface area contributed by atoms with Crippen LogP contribution in [0.4, 0.5) is 32.2 Å². The number of amides is 1. The molecule has 186 valence electrons. The summed E-state index contributed by atoms with van der Waals surface area (Å²) >= 11 is 0. The first-order valence-electron chi connectivity index (χ1n) is 11.6. The van der Waals surface area contributed by atoms with Crippen LogP contribution in [0, 0.1) is 5.82 Å². The first-order chi connectivity index (χ1) is 17.2. The number of aryl methyl sites for hydroxylation is 1. The van der Waals surface area contributed by atoms with E-state index >= 15 is 0 Å². The van der Waals surface area contributed by atoms with Crippen LogP contribution in [0.25, 0.3) is 16.9 Å². The highest BCUT2D eigenvalue weighted by molar-refractivity contribution is 5.90. The molecule has 0 bridgehead atoms. The lowest BCUT2D eigenvalue weighted by atomic mass is 10.0. The smallest absolute Gasteiger partial charge is 0.412 e. The molecule has 1 amide bonds. The molecule has 0 saturated carbocycles. The Hall–Kier alpha value is -4.41. The van der Waals surface area contributed by atoms with Crippen molar-refractivity contribution in [2.75, 3.05) is 22.5 Å². The van der Waals surface area contributed by atoms with E-state index in [0.29, 0.717) is 16.9 Å². The molecule has 5 rings (SSSR count). The van der Waals surface area contributed by atoms with Crippen LogP contribution in [-0.2, 0) is 11.2 Å². The fourth-order valence-electron chi connectivity index (χ4n) is 4.06. The number of ether oxygens (including phenoxy) is 1. The number of carbonyl (C=O) groups is 1. The van der Waals surface area contributed by atoms with E-state index in [4.69, 9.17) is 4.74 Å². The van der Waals surface area contributed by atoms with Gasteiger partial charge in [-0.3, -0.25) is 5.32 Å². The monoisotopic (exact) mass is 491 g/mol. The normalized spacial score (nSPS) is 13.1. The Balaban J connectivity index is 1.49. The summed E-state index contributed by atoms with van der Waals surface area (Å²) in [6, 6.07) is 9.62. The number of aromatic nitrogens is 4. The number of rotatable bonds is 4. The summed E-state index contributed by atoms with van der Waals surface area (Å²) in [5.41, 5.74) is 3.14. The van der Waals surface area contributed by atoms with Crippen molar-refractivity contribution in [3.63, 3.8) is 0 Å². The van der Waals surface area contributed by atoms with E-state index in [0.717, 1.165) is 30.6 Å². The highest BCUT2D eigenvalue weighted by Crippen LogP contribution is 2.28. The molecular formula is C25H26FN7O3. The van der Waals surface area contributed by atoms with Crippen molar-refractivity contribution in [3.05, 3.63) is 64.5 Å². The maximum atomic E-state index is 14.1. The summed E-state index contributed by atoms with van der Waals surface area (Å²) in [6.07, 6.45) is 2.73. The second-order valence-corrected chi connectivity index (χ2v) is 9.51. The fourth-order valence-corrected chi connectivity index (χ4v) is 4.06. The number of anilines is 4. The van der Waals surface area contributed by atoms with Gasteiger partial charge in [0.15, 0.2) is 5.65 Å². The maximum absolute atomic E-state index is 14.1. The van der Waals surface area contributed by atoms with Crippen molar-refractivity contribution in [1.82, 2.24) is 19.5 Å². The zero-order chi connectivity index (χ0) is 25.4. The van der Waals surface area contributed by atoms with E-state index in [1.165, 1.54) is 29.0 Å². The molecule has 10 nitrogen and oxygen atoms in total. The van der Waals surface area contributed by atoms with Crippen molar-refractivity contribution >= 4 is 40.3 Å². The summed E-state index contributed by atoms with van der Waals surface area (Å²) in [5.74, 6) is -0.401. The van der Waals surface area contributed by atoms with Crippen LogP contribution in [0.5, 0.6) is 0 Å². The molecular weight excluding hydrogens is 465 g/mol. The third kappa shape index (κ3) is 4.85. The summed E-state index contributed by atoms with van der Waals surface area (Å²) in [4.78, 5) is 36.6. The van der Waals surface area contributed by atoms with Crippen molar-refractivity contribution < 1.29 is 13.9 Å². The first-order valence-corrected chi connectivity index (χ1v) is 11.6. The van der Waals surface area contributed by atoms with Gasteiger partial charge in [-0.05, 0) is 75.6 Å². The van der Waals surface area contributed by atoms with Crippen LogP contribution in [0.3, 0.4) is 0 Å². The third-order valence-corrected chi connectivity index (χ3v) is 5.57. The van der Waals surface area contributed by atoms with Crippen molar-refractivity contribution in [2.45, 2.75) is 39.2 Å². The second kappa shape index (κ2) is 8.99. The minimum atomic E-state index is -0.698. The van der Waals surface area contributed by atoms with Gasteiger partial charge in [0.25, 0.3) is 0 Å². The number of nitrogens with one attached hydrogen (secondary N) is 4. The maximum Gasteiger partial charge on any atom is 0.412 e. The van der Waals surface area contributed by atoms with Gasteiger partial charge in [0, 0.05) is 12.2 Å². The zero-order valence-electron chi connectivity index (χ0n) is 20.1. The molecule has 0 unspecified atom stereocenters. The molecule has 0 aliphatic carbocycles. The van der Waals surface area contributed by atoms with Gasteiger partial charge >= 0.3 is 11.8 Å². The largest absolute Gasteiger partial charge is 0.444 e. The zero-order valence-corrected chi connectivity index (χ0v) is 20.1. The van der Waals surface area contributed by atoms with E-state index in [-0.39, 0.29) is 23.0 Å². The summed E-state index contributed by atoms with van der Waals surface area (Å²) < 4.78 is 20.8. The van der Waals surface area contributed by atoms with E-state index in [1.54, 1.807) is 20.8 Å². The molecule has 2 aromatic carbocycles. The highest BCUT2D eigenvalue weighted by Gasteiger charge is 2.19. The molecule has 1 aliphatic heterocycles. The topological polar surface area (TPSA) is 126 Å². The molecule has 4 N–H and O–H groups in total. The quantitative estimate of drug-likeness (QED) is 0.326. The molecule has 4 aromatic rings. The van der Waals surface area contributed by atoms with Crippen molar-refractivity contribution in [2.24, 2.45) is 0 Å². The van der Waals surface area contributed by atoms with E-state index < -0.39 is 17.5 Å². The minimum Gasteiger partial charge on any atom is -0.444 e. The average Bonchev–Trinajstić information content (AvgIpc) is 3.14. The Morgan fingerprint density at radius 2 is 2.00 bits per heavy atom. The Bertz CT molecular complexity index is 1520. The van der Waals surface area contributed by atoms with Crippen LogP contribution in [-0.4, -0.2) is 37.8 Å². The molecule has 2 aromatic heterocycles. The lowest BCUT2D eigenvalue weighted by molar-refractivity contribution is 0.0636. The number of aromatic amines is 1. The molecule has 0 saturated heterocycles. The van der Waals surface area contributed by atoms with Gasteiger partial charge in [-0.25, -0.2) is 23.5 Å². The first kappa shape index (κ1) is 23.3. The van der Waals surface area contributed by atoms with Gasteiger partial charge in [-0.1, -0.05) is 0 Å². The molecule has 0 atom stereocenters. The molecule has 11 heteroatoms. The van der Waals surface area contributed by atoms with Gasteiger partial charge in [0.05, 0.1) is 23.3 Å². The summed E-state index contributed by atoms with van der Waals surface area (Å²) in [5, 5.41) is 8.91. The Morgan fingerprint density at radius 3 is 2.81 bits per heavy atom. The minimum absolute atomic E-state index is 0.118. The molecule has 0 radical (unpaired) electrons. The number of carbonyl (C=O) groups excluding carboxylic acids is 1. The van der Waals surface area contributed by atoms with Crippen LogP contribution >= 0.6 is 0 Å². The van der Waals surface area contributed by atoms with Crippen molar-refractivity contribution in [1.29, 1.82) is 0 Å². The van der Waals surface area contributed by atoms with Gasteiger partial charge < -0.3 is 20.4 Å².